The average Bonchev–Trinajstić information content (AvgIpc) is 3.51. The van der Waals surface area contributed by atoms with E-state index < -0.39 is 0 Å². The molecule has 0 bridgehead atoms. The van der Waals surface area contributed by atoms with E-state index in [0.29, 0.717) is 51.7 Å². The van der Waals surface area contributed by atoms with Gasteiger partial charge in [-0.1, -0.05) is 0 Å². The lowest BCUT2D eigenvalue weighted by Gasteiger charge is -2.34. The number of carbonyl (C=O) groups is 2. The highest BCUT2D eigenvalue weighted by molar-refractivity contribution is 5.91. The molecule has 2 aromatic rings. The molecule has 1 saturated heterocycles. The molecule has 0 unspecified atom stereocenters. The van der Waals surface area contributed by atoms with Gasteiger partial charge in [0.15, 0.2) is 5.76 Å². The molecule has 1 aromatic carbocycles. The third kappa shape index (κ3) is 3.28. The number of hydrogen-bond acceptors (Lipinski definition) is 5. The molecule has 29 heavy (non-hydrogen) atoms. The third-order valence-electron chi connectivity index (χ3n) is 5.76. The zero-order chi connectivity index (χ0) is 19.8. The number of rotatable bonds is 3. The summed E-state index contributed by atoms with van der Waals surface area (Å²) in [6.45, 7) is 3.71. The summed E-state index contributed by atoms with van der Waals surface area (Å²) in [4.78, 5) is 28.5. The Morgan fingerprint density at radius 2 is 1.83 bits per heavy atom. The molecule has 3 aliphatic rings. The van der Waals surface area contributed by atoms with E-state index in [-0.39, 0.29) is 11.9 Å². The number of furan rings is 1. The number of urea groups is 1. The van der Waals surface area contributed by atoms with Crippen LogP contribution in [0.15, 0.2) is 28.9 Å². The van der Waals surface area contributed by atoms with E-state index in [4.69, 9.17) is 13.9 Å². The number of fused-ring (bicyclic) bond motifs is 2. The Bertz CT molecular complexity index is 900. The maximum Gasteiger partial charge on any atom is 0.317 e. The summed E-state index contributed by atoms with van der Waals surface area (Å²) in [5.74, 6) is 2.02. The van der Waals surface area contributed by atoms with Crippen LogP contribution in [0.2, 0.25) is 0 Å². The van der Waals surface area contributed by atoms with Gasteiger partial charge in [-0.2, -0.15) is 0 Å². The normalized spacial score (nSPS) is 17.4. The molecule has 3 amide bonds. The topological polar surface area (TPSA) is 84.3 Å². The Kier molecular flexibility index (Phi) is 4.54. The van der Waals surface area contributed by atoms with Crippen LogP contribution >= 0.6 is 0 Å². The van der Waals surface area contributed by atoms with Crippen LogP contribution in [-0.2, 0) is 19.4 Å². The zero-order valence-electron chi connectivity index (χ0n) is 16.1. The summed E-state index contributed by atoms with van der Waals surface area (Å²) < 4.78 is 16.7. The van der Waals surface area contributed by atoms with Crippen LogP contribution in [0.1, 0.15) is 27.2 Å². The molecule has 0 aliphatic carbocycles. The summed E-state index contributed by atoms with van der Waals surface area (Å²) in [5.41, 5.74) is 3.33. The van der Waals surface area contributed by atoms with E-state index in [1.807, 2.05) is 0 Å². The van der Waals surface area contributed by atoms with Gasteiger partial charge in [0.2, 0.25) is 0 Å². The van der Waals surface area contributed by atoms with Crippen LogP contribution in [0.5, 0.6) is 11.5 Å². The minimum atomic E-state index is -0.136. The lowest BCUT2D eigenvalue weighted by atomic mass is 9.99. The van der Waals surface area contributed by atoms with Crippen molar-refractivity contribution in [2.75, 3.05) is 39.4 Å². The van der Waals surface area contributed by atoms with Gasteiger partial charge >= 0.3 is 6.03 Å². The van der Waals surface area contributed by atoms with Crippen LogP contribution in [0.25, 0.3) is 0 Å². The van der Waals surface area contributed by atoms with Crippen LogP contribution in [0, 0.1) is 0 Å². The van der Waals surface area contributed by atoms with Gasteiger partial charge in [0, 0.05) is 62.3 Å². The SMILES string of the molecule is O=C(NCc1c2c(cc3c1OCC3)OCC2)N1CCN(C(=O)c2ccco2)CC1. The first-order valence-corrected chi connectivity index (χ1v) is 9.99. The smallest absolute Gasteiger partial charge is 0.317 e. The fourth-order valence-corrected chi connectivity index (χ4v) is 4.22. The van der Waals surface area contributed by atoms with E-state index >= 15 is 0 Å². The van der Waals surface area contributed by atoms with Gasteiger partial charge in [-0.25, -0.2) is 4.79 Å². The van der Waals surface area contributed by atoms with Crippen LogP contribution in [0.3, 0.4) is 0 Å². The molecular weight excluding hydrogens is 374 g/mol. The molecule has 4 heterocycles. The molecule has 0 spiro atoms. The van der Waals surface area contributed by atoms with Crippen molar-refractivity contribution in [2.24, 2.45) is 0 Å². The number of carbonyl (C=O) groups excluding carboxylic acids is 2. The van der Waals surface area contributed by atoms with E-state index in [9.17, 15) is 9.59 Å². The van der Waals surface area contributed by atoms with Crippen molar-refractivity contribution in [3.8, 4) is 11.5 Å². The largest absolute Gasteiger partial charge is 0.493 e. The zero-order valence-corrected chi connectivity index (χ0v) is 16.1. The van der Waals surface area contributed by atoms with Crippen molar-refractivity contribution in [3.05, 3.63) is 46.9 Å². The van der Waals surface area contributed by atoms with Gasteiger partial charge in [-0.15, -0.1) is 0 Å². The Balaban J connectivity index is 1.20. The highest BCUT2D eigenvalue weighted by atomic mass is 16.5. The minimum absolute atomic E-state index is 0.127. The second kappa shape index (κ2) is 7.35. The molecule has 0 saturated carbocycles. The molecule has 5 rings (SSSR count). The summed E-state index contributed by atoms with van der Waals surface area (Å²) in [6, 6.07) is 5.30. The number of hydrogen-bond donors (Lipinski definition) is 1. The predicted molar refractivity (Wildman–Crippen MR) is 103 cm³/mol. The number of nitrogens with one attached hydrogen (secondary N) is 1. The Morgan fingerprint density at radius 1 is 1.03 bits per heavy atom. The van der Waals surface area contributed by atoms with Gasteiger partial charge in [0.25, 0.3) is 5.91 Å². The van der Waals surface area contributed by atoms with Gasteiger partial charge < -0.3 is 29.0 Å². The number of benzene rings is 1. The summed E-state index contributed by atoms with van der Waals surface area (Å²) in [5, 5.41) is 3.03. The highest BCUT2D eigenvalue weighted by Crippen LogP contribution is 2.40. The average molecular weight is 397 g/mol. The number of nitrogens with zero attached hydrogens (tertiary/aromatic N) is 2. The Labute approximate surface area is 168 Å². The van der Waals surface area contributed by atoms with Crippen molar-refractivity contribution < 1.29 is 23.5 Å². The summed E-state index contributed by atoms with van der Waals surface area (Å²) in [7, 11) is 0. The lowest BCUT2D eigenvalue weighted by Crippen LogP contribution is -2.53. The van der Waals surface area contributed by atoms with E-state index in [2.05, 4.69) is 11.4 Å². The standard InChI is InChI=1S/C21H23N3O5/c25-20(17-2-1-9-27-17)23-5-7-24(8-6-23)21(26)22-13-16-15-4-11-28-18(15)12-14-3-10-29-19(14)16/h1-2,9,12H,3-8,10-11,13H2,(H,22,26). The molecule has 152 valence electrons. The maximum absolute atomic E-state index is 12.7. The molecule has 3 aliphatic heterocycles. The Morgan fingerprint density at radius 3 is 2.62 bits per heavy atom. The number of ether oxygens (including phenoxy) is 2. The van der Waals surface area contributed by atoms with Crippen molar-refractivity contribution in [2.45, 2.75) is 19.4 Å². The van der Waals surface area contributed by atoms with Gasteiger partial charge in [-0.05, 0) is 18.2 Å². The molecule has 0 atom stereocenters. The summed E-state index contributed by atoms with van der Waals surface area (Å²) in [6.07, 6.45) is 3.20. The molecule has 1 fully saturated rings. The Hall–Kier alpha value is -3.16. The van der Waals surface area contributed by atoms with Crippen LogP contribution in [0.4, 0.5) is 4.79 Å². The highest BCUT2D eigenvalue weighted by Gasteiger charge is 2.29. The monoisotopic (exact) mass is 397 g/mol. The number of amides is 3. The molecule has 1 aromatic heterocycles. The first-order valence-electron chi connectivity index (χ1n) is 9.99. The van der Waals surface area contributed by atoms with Gasteiger partial charge in [0.1, 0.15) is 11.5 Å². The first kappa shape index (κ1) is 17.9. The second-order valence-electron chi connectivity index (χ2n) is 7.43. The van der Waals surface area contributed by atoms with Gasteiger partial charge in [0.05, 0.1) is 19.5 Å². The molecule has 8 nitrogen and oxygen atoms in total. The molecule has 0 radical (unpaired) electrons. The third-order valence-corrected chi connectivity index (χ3v) is 5.76. The van der Waals surface area contributed by atoms with Crippen molar-refractivity contribution in [3.63, 3.8) is 0 Å². The predicted octanol–water partition coefficient (Wildman–Crippen LogP) is 1.82. The van der Waals surface area contributed by atoms with Crippen molar-refractivity contribution in [1.82, 2.24) is 15.1 Å². The fourth-order valence-electron chi connectivity index (χ4n) is 4.22. The summed E-state index contributed by atoms with van der Waals surface area (Å²) >= 11 is 0. The molecule has 1 N–H and O–H groups in total. The second-order valence-corrected chi connectivity index (χ2v) is 7.43. The van der Waals surface area contributed by atoms with Crippen LogP contribution < -0.4 is 14.8 Å². The quantitative estimate of drug-likeness (QED) is 0.854. The molecular formula is C21H23N3O5. The van der Waals surface area contributed by atoms with E-state index in [1.54, 1.807) is 21.9 Å². The number of piperazine rings is 1. The maximum atomic E-state index is 12.7. The molecule has 8 heteroatoms. The van der Waals surface area contributed by atoms with E-state index in [0.717, 1.165) is 41.0 Å². The van der Waals surface area contributed by atoms with Crippen molar-refractivity contribution in [1.29, 1.82) is 0 Å². The van der Waals surface area contributed by atoms with Crippen molar-refractivity contribution >= 4 is 11.9 Å². The fraction of sp³-hybridized carbons (Fsp3) is 0.429. The lowest BCUT2D eigenvalue weighted by molar-refractivity contribution is 0.0634. The van der Waals surface area contributed by atoms with Gasteiger partial charge in [-0.3, -0.25) is 4.79 Å². The van der Waals surface area contributed by atoms with Crippen LogP contribution in [-0.4, -0.2) is 61.1 Å². The van der Waals surface area contributed by atoms with E-state index in [1.165, 1.54) is 6.26 Å². The minimum Gasteiger partial charge on any atom is -0.493 e. The first-order chi connectivity index (χ1) is 14.2.